The molecule has 2 unspecified atom stereocenters. The maximum atomic E-state index is 12.9. The van der Waals surface area contributed by atoms with E-state index in [0.717, 1.165) is 0 Å². The van der Waals surface area contributed by atoms with Crippen molar-refractivity contribution in [3.05, 3.63) is 23.6 Å². The molecule has 0 aromatic heterocycles. The second kappa shape index (κ2) is 4.30. The van der Waals surface area contributed by atoms with E-state index in [0.29, 0.717) is 0 Å². The summed E-state index contributed by atoms with van der Waals surface area (Å²) in [5, 5.41) is 8.33. The zero-order valence-electron chi connectivity index (χ0n) is 6.71. The van der Waals surface area contributed by atoms with E-state index in [-0.39, 0.29) is 36.1 Å². The van der Waals surface area contributed by atoms with Crippen LogP contribution in [-0.4, -0.2) is 23.0 Å². The Morgan fingerprint density at radius 1 is 1.64 bits per heavy atom. The van der Waals surface area contributed by atoms with Gasteiger partial charge < -0.3 is 5.11 Å². The molecular weight excluding hydrogens is 314 g/mol. The maximum Gasteiger partial charge on any atom is 0.338 e. The summed E-state index contributed by atoms with van der Waals surface area (Å²) >= 11 is 0. The first-order valence-corrected chi connectivity index (χ1v) is 3.30. The van der Waals surface area contributed by atoms with Crippen molar-refractivity contribution in [1.29, 1.82) is 0 Å². The van der Waals surface area contributed by atoms with Crippen LogP contribution in [0.15, 0.2) is 23.6 Å². The number of alkyl halides is 2. The predicted molar refractivity (Wildman–Crippen MR) is 53.2 cm³/mol. The molecule has 0 radical (unpaired) electrons. The van der Waals surface area contributed by atoms with Crippen molar-refractivity contribution in [2.75, 3.05) is 0 Å². The number of carboxylic acids is 1. The zero-order chi connectivity index (χ0) is 10.2. The van der Waals surface area contributed by atoms with Crippen LogP contribution in [0.1, 0.15) is 0 Å². The number of carboxylic acid groups (broad SMARTS) is 1. The van der Waals surface area contributed by atoms with Crippen molar-refractivity contribution >= 4 is 29.9 Å². The first-order valence-electron chi connectivity index (χ1n) is 3.30. The van der Waals surface area contributed by atoms with E-state index in [2.05, 4.69) is 0 Å². The van der Waals surface area contributed by atoms with E-state index in [9.17, 15) is 18.0 Å². The standard InChI is InChI=1S/C7H6F3NO2.HI/c8-4-1-5(9)7(10,11)2-3(4)6(12)13;/h1-2,5H,11H2,(H,12,13);1H. The molecule has 3 nitrogen and oxygen atoms in total. The minimum atomic E-state index is -2.96. The van der Waals surface area contributed by atoms with E-state index < -0.39 is 29.3 Å². The molecule has 0 aliphatic heterocycles. The number of rotatable bonds is 1. The highest BCUT2D eigenvalue weighted by molar-refractivity contribution is 14.0. The van der Waals surface area contributed by atoms with Crippen LogP contribution >= 0.6 is 24.0 Å². The third kappa shape index (κ3) is 2.47. The number of carbonyl (C=O) groups is 1. The van der Waals surface area contributed by atoms with E-state index in [4.69, 9.17) is 10.8 Å². The second-order valence-corrected chi connectivity index (χ2v) is 2.61. The third-order valence-corrected chi connectivity index (χ3v) is 1.57. The van der Waals surface area contributed by atoms with Crippen LogP contribution in [0.4, 0.5) is 13.2 Å². The summed E-state index contributed by atoms with van der Waals surface area (Å²) in [6.07, 6.45) is -1.95. The molecule has 2 atom stereocenters. The highest BCUT2D eigenvalue weighted by atomic mass is 127. The fourth-order valence-electron chi connectivity index (χ4n) is 0.880. The molecular formula is C7H7F3INO2. The minimum absolute atomic E-state index is 0. The maximum absolute atomic E-state index is 12.9. The fraction of sp³-hybridized carbons (Fsp3) is 0.286. The average Bonchev–Trinajstić information content (AvgIpc) is 1.97. The molecule has 0 fully saturated rings. The Kier molecular flexibility index (Phi) is 4.13. The van der Waals surface area contributed by atoms with Gasteiger partial charge in [-0.25, -0.2) is 18.0 Å². The monoisotopic (exact) mass is 321 g/mol. The number of halogens is 4. The Labute approximate surface area is 94.5 Å². The van der Waals surface area contributed by atoms with Gasteiger partial charge in [-0.1, -0.05) is 0 Å². The lowest BCUT2D eigenvalue weighted by molar-refractivity contribution is -0.132. The highest BCUT2D eigenvalue weighted by Gasteiger charge is 2.38. The Morgan fingerprint density at radius 3 is 2.57 bits per heavy atom. The van der Waals surface area contributed by atoms with Gasteiger partial charge in [0.15, 0.2) is 6.17 Å². The van der Waals surface area contributed by atoms with Gasteiger partial charge in [-0.15, -0.1) is 24.0 Å². The topological polar surface area (TPSA) is 63.3 Å². The number of aliphatic carboxylic acids is 1. The fourth-order valence-corrected chi connectivity index (χ4v) is 0.880. The lowest BCUT2D eigenvalue weighted by atomic mass is 9.99. The normalized spacial score (nSPS) is 31.3. The molecule has 0 bridgehead atoms. The molecule has 14 heavy (non-hydrogen) atoms. The molecule has 3 N–H and O–H groups in total. The first-order chi connectivity index (χ1) is 5.84. The second-order valence-electron chi connectivity index (χ2n) is 2.61. The van der Waals surface area contributed by atoms with E-state index in [1.807, 2.05) is 0 Å². The van der Waals surface area contributed by atoms with E-state index >= 15 is 0 Å². The number of hydrogen-bond donors (Lipinski definition) is 2. The van der Waals surface area contributed by atoms with Gasteiger partial charge in [0, 0.05) is 0 Å². The zero-order valence-corrected chi connectivity index (χ0v) is 9.04. The van der Waals surface area contributed by atoms with Gasteiger partial charge in [0.25, 0.3) is 0 Å². The minimum Gasteiger partial charge on any atom is -0.478 e. The molecule has 1 rings (SSSR count). The SMILES string of the molecule is I.NC1(F)C=C(C(=O)O)C(F)=CC1F. The van der Waals surface area contributed by atoms with Crippen molar-refractivity contribution in [1.82, 2.24) is 0 Å². The molecule has 0 saturated heterocycles. The summed E-state index contributed by atoms with van der Waals surface area (Å²) in [7, 11) is 0. The summed E-state index contributed by atoms with van der Waals surface area (Å²) in [5.41, 5.74) is 3.76. The van der Waals surface area contributed by atoms with Crippen molar-refractivity contribution in [3.63, 3.8) is 0 Å². The van der Waals surface area contributed by atoms with Gasteiger partial charge in [-0.05, 0) is 12.2 Å². The summed E-state index contributed by atoms with van der Waals surface area (Å²) in [4.78, 5) is 10.3. The molecule has 1 aliphatic carbocycles. The molecule has 0 saturated carbocycles. The van der Waals surface area contributed by atoms with Crippen LogP contribution in [0.2, 0.25) is 0 Å². The first kappa shape index (κ1) is 13.4. The number of hydrogen-bond acceptors (Lipinski definition) is 2. The van der Waals surface area contributed by atoms with E-state index in [1.165, 1.54) is 0 Å². The van der Waals surface area contributed by atoms with Gasteiger partial charge in [-0.2, -0.15) is 0 Å². The predicted octanol–water partition coefficient (Wildman–Crippen LogP) is 1.45. The molecule has 7 heteroatoms. The largest absolute Gasteiger partial charge is 0.478 e. The summed E-state index contributed by atoms with van der Waals surface area (Å²) in [6.45, 7) is 0. The van der Waals surface area contributed by atoms with E-state index in [1.54, 1.807) is 0 Å². The number of nitrogens with two attached hydrogens (primary N) is 1. The quantitative estimate of drug-likeness (QED) is 0.567. The van der Waals surface area contributed by atoms with Crippen molar-refractivity contribution < 1.29 is 23.1 Å². The van der Waals surface area contributed by atoms with Crippen molar-refractivity contribution in [2.24, 2.45) is 5.73 Å². The van der Waals surface area contributed by atoms with Crippen LogP contribution in [0.25, 0.3) is 0 Å². The van der Waals surface area contributed by atoms with Gasteiger partial charge in [-0.3, -0.25) is 5.73 Å². The van der Waals surface area contributed by atoms with Gasteiger partial charge >= 0.3 is 5.97 Å². The lowest BCUT2D eigenvalue weighted by Crippen LogP contribution is -2.44. The van der Waals surface area contributed by atoms with Crippen molar-refractivity contribution in [2.45, 2.75) is 12.0 Å². The Bertz CT molecular complexity index is 314. The smallest absolute Gasteiger partial charge is 0.338 e. The van der Waals surface area contributed by atoms with Crippen LogP contribution in [0.5, 0.6) is 0 Å². The highest BCUT2D eigenvalue weighted by Crippen LogP contribution is 2.28. The average molecular weight is 321 g/mol. The Morgan fingerprint density at radius 2 is 2.14 bits per heavy atom. The van der Waals surface area contributed by atoms with Crippen molar-refractivity contribution in [3.8, 4) is 0 Å². The molecule has 0 heterocycles. The Balaban J connectivity index is 0.00000169. The summed E-state index contributed by atoms with van der Waals surface area (Å²) < 4.78 is 38.1. The molecule has 1 aliphatic rings. The molecule has 0 amide bonds. The molecule has 0 aromatic rings. The van der Waals surface area contributed by atoms with Gasteiger partial charge in [0.05, 0.1) is 5.57 Å². The molecule has 80 valence electrons. The van der Waals surface area contributed by atoms with Gasteiger partial charge in [0.1, 0.15) is 5.83 Å². The van der Waals surface area contributed by atoms with Crippen LogP contribution in [-0.2, 0) is 4.79 Å². The van der Waals surface area contributed by atoms with Crippen LogP contribution < -0.4 is 5.73 Å². The van der Waals surface area contributed by atoms with Crippen LogP contribution in [0.3, 0.4) is 0 Å². The Hall–Kier alpha value is -0.570. The summed E-state index contributed by atoms with van der Waals surface area (Å²) in [5.74, 6) is -5.96. The van der Waals surface area contributed by atoms with Crippen LogP contribution in [0, 0.1) is 0 Å². The molecule has 0 spiro atoms. The van der Waals surface area contributed by atoms with Gasteiger partial charge in [0.2, 0.25) is 5.79 Å². The molecule has 0 aromatic carbocycles. The lowest BCUT2D eigenvalue weighted by Gasteiger charge is -2.22. The third-order valence-electron chi connectivity index (χ3n) is 1.57. The summed E-state index contributed by atoms with van der Waals surface area (Å²) in [6, 6.07) is 0.